The molecule has 12 heavy (non-hydrogen) atoms. The molecule has 1 aromatic carbocycles. The third kappa shape index (κ3) is 2.31. The van der Waals surface area contributed by atoms with Crippen LogP contribution in [0.4, 0.5) is 0 Å². The highest BCUT2D eigenvalue weighted by Gasteiger charge is 2.00. The first-order valence-electron chi connectivity index (χ1n) is 3.85. The Labute approximate surface area is 78.4 Å². The average Bonchev–Trinajstić information content (AvgIpc) is 2.04. The van der Waals surface area contributed by atoms with Gasteiger partial charge in [-0.25, -0.2) is 0 Å². The number of hydrogen-bond donors (Lipinski definition) is 0. The Morgan fingerprint density at radius 3 is 2.67 bits per heavy atom. The maximum absolute atomic E-state index is 5.19. The Morgan fingerprint density at radius 1 is 1.42 bits per heavy atom. The lowest BCUT2D eigenvalue weighted by molar-refractivity contribution is 0.411. The van der Waals surface area contributed by atoms with Crippen LogP contribution >= 0.6 is 12.2 Å². The molecule has 0 amide bonds. The van der Waals surface area contributed by atoms with Gasteiger partial charge in [-0.1, -0.05) is 30.4 Å². The Hall–Kier alpha value is -0.890. The van der Waals surface area contributed by atoms with Gasteiger partial charge in [0, 0.05) is 6.42 Å². The fourth-order valence-electron chi connectivity index (χ4n) is 1.12. The van der Waals surface area contributed by atoms with Gasteiger partial charge in [0.2, 0.25) is 0 Å². The first kappa shape index (κ1) is 9.20. The first-order valence-corrected chi connectivity index (χ1v) is 4.26. The smallest absolute Gasteiger partial charge is 0.122 e. The second-order valence-corrected chi connectivity index (χ2v) is 3.39. The zero-order chi connectivity index (χ0) is 8.97. The van der Waals surface area contributed by atoms with E-state index in [1.54, 1.807) is 7.11 Å². The van der Waals surface area contributed by atoms with E-state index in [-0.39, 0.29) is 0 Å². The van der Waals surface area contributed by atoms with E-state index in [2.05, 4.69) is 0 Å². The van der Waals surface area contributed by atoms with Gasteiger partial charge < -0.3 is 4.74 Å². The summed E-state index contributed by atoms with van der Waals surface area (Å²) in [4.78, 5) is 0.986. The van der Waals surface area contributed by atoms with Crippen molar-refractivity contribution in [2.45, 2.75) is 13.3 Å². The minimum Gasteiger partial charge on any atom is -0.496 e. The fraction of sp³-hybridized carbons (Fsp3) is 0.300. The number of hydrogen-bond acceptors (Lipinski definition) is 2. The van der Waals surface area contributed by atoms with Gasteiger partial charge in [-0.3, -0.25) is 0 Å². The molecule has 0 radical (unpaired) electrons. The van der Waals surface area contributed by atoms with Crippen molar-refractivity contribution >= 4 is 17.1 Å². The molecule has 0 aromatic heterocycles. The minimum atomic E-state index is 0.819. The molecule has 1 nitrogen and oxygen atoms in total. The molecule has 1 aromatic rings. The minimum absolute atomic E-state index is 0.819. The molecule has 0 saturated carbocycles. The fourth-order valence-corrected chi connectivity index (χ4v) is 1.27. The van der Waals surface area contributed by atoms with Gasteiger partial charge in [-0.15, -0.1) is 0 Å². The molecule has 64 valence electrons. The lowest BCUT2D eigenvalue weighted by Gasteiger charge is -2.06. The van der Waals surface area contributed by atoms with E-state index in [4.69, 9.17) is 17.0 Å². The van der Waals surface area contributed by atoms with Crippen molar-refractivity contribution in [2.24, 2.45) is 0 Å². The molecule has 0 fully saturated rings. The van der Waals surface area contributed by atoms with E-state index in [1.165, 1.54) is 0 Å². The highest BCUT2D eigenvalue weighted by Crippen LogP contribution is 2.17. The number of rotatable bonds is 3. The average molecular weight is 180 g/mol. The lowest BCUT2D eigenvalue weighted by Crippen LogP contribution is -1.96. The van der Waals surface area contributed by atoms with Gasteiger partial charge >= 0.3 is 0 Å². The predicted octanol–water partition coefficient (Wildman–Crippen LogP) is 2.63. The standard InChI is InChI=1S/C10H12OS/c1-8(12)7-9-5-3-4-6-10(9)11-2/h3-6H,7H2,1-2H3. The molecule has 0 aliphatic carbocycles. The van der Waals surface area contributed by atoms with E-state index >= 15 is 0 Å². The van der Waals surface area contributed by atoms with Crippen molar-refractivity contribution in [1.29, 1.82) is 0 Å². The van der Waals surface area contributed by atoms with Crippen molar-refractivity contribution in [3.05, 3.63) is 29.8 Å². The summed E-state index contributed by atoms with van der Waals surface area (Å²) in [5.74, 6) is 0.918. The first-order chi connectivity index (χ1) is 5.74. The summed E-state index contributed by atoms with van der Waals surface area (Å²) in [5.41, 5.74) is 1.16. The summed E-state index contributed by atoms with van der Waals surface area (Å²) in [6, 6.07) is 7.94. The predicted molar refractivity (Wildman–Crippen MR) is 55.0 cm³/mol. The third-order valence-electron chi connectivity index (χ3n) is 1.63. The van der Waals surface area contributed by atoms with Crippen molar-refractivity contribution in [3.8, 4) is 5.75 Å². The highest BCUT2D eigenvalue weighted by atomic mass is 32.1. The Morgan fingerprint density at radius 2 is 2.08 bits per heavy atom. The van der Waals surface area contributed by atoms with Crippen LogP contribution in [0.25, 0.3) is 0 Å². The van der Waals surface area contributed by atoms with E-state index in [9.17, 15) is 0 Å². The number of para-hydroxylation sites is 1. The van der Waals surface area contributed by atoms with Gasteiger partial charge in [0.05, 0.1) is 7.11 Å². The third-order valence-corrected chi connectivity index (χ3v) is 1.78. The van der Waals surface area contributed by atoms with Gasteiger partial charge in [0.15, 0.2) is 0 Å². The van der Waals surface area contributed by atoms with E-state index in [1.807, 2.05) is 31.2 Å². The second-order valence-electron chi connectivity index (χ2n) is 2.69. The van der Waals surface area contributed by atoms with Crippen LogP contribution in [0.2, 0.25) is 0 Å². The zero-order valence-corrected chi connectivity index (χ0v) is 8.15. The Bertz CT molecular complexity index is 281. The molecule has 0 bridgehead atoms. The highest BCUT2D eigenvalue weighted by molar-refractivity contribution is 7.80. The monoisotopic (exact) mass is 180 g/mol. The molecule has 0 aliphatic rings. The topological polar surface area (TPSA) is 9.23 Å². The number of benzene rings is 1. The summed E-state index contributed by atoms with van der Waals surface area (Å²) >= 11 is 5.03. The van der Waals surface area contributed by atoms with Crippen molar-refractivity contribution < 1.29 is 4.74 Å². The molecule has 0 aliphatic heterocycles. The summed E-state index contributed by atoms with van der Waals surface area (Å²) in [6.45, 7) is 1.95. The number of methoxy groups -OCH3 is 1. The quantitative estimate of drug-likeness (QED) is 0.661. The number of ether oxygens (including phenoxy) is 1. The van der Waals surface area contributed by atoms with Gasteiger partial charge in [0.1, 0.15) is 5.75 Å². The van der Waals surface area contributed by atoms with Crippen molar-refractivity contribution in [2.75, 3.05) is 7.11 Å². The zero-order valence-electron chi connectivity index (χ0n) is 7.33. The molecule has 1 rings (SSSR count). The van der Waals surface area contributed by atoms with Gasteiger partial charge in [0.25, 0.3) is 0 Å². The Kier molecular flexibility index (Phi) is 3.23. The van der Waals surface area contributed by atoms with Crippen LogP contribution in [-0.4, -0.2) is 12.0 Å². The van der Waals surface area contributed by atoms with Crippen molar-refractivity contribution in [1.82, 2.24) is 0 Å². The van der Waals surface area contributed by atoms with Crippen molar-refractivity contribution in [3.63, 3.8) is 0 Å². The SMILES string of the molecule is COc1ccccc1CC(C)=S. The molecule has 0 unspecified atom stereocenters. The maximum Gasteiger partial charge on any atom is 0.122 e. The van der Waals surface area contributed by atoms with E-state index in [0.717, 1.165) is 22.6 Å². The molecule has 2 heteroatoms. The summed E-state index contributed by atoms with van der Waals surface area (Å²) in [6.07, 6.45) is 0.819. The van der Waals surface area contributed by atoms with Crippen LogP contribution in [-0.2, 0) is 6.42 Å². The number of thiocarbonyl (C=S) groups is 1. The molecule has 0 saturated heterocycles. The van der Waals surface area contributed by atoms with E-state index < -0.39 is 0 Å². The van der Waals surface area contributed by atoms with Crippen LogP contribution < -0.4 is 4.74 Å². The molecule has 0 spiro atoms. The molecule has 0 atom stereocenters. The van der Waals surface area contributed by atoms with E-state index in [0.29, 0.717) is 0 Å². The summed E-state index contributed by atoms with van der Waals surface area (Å²) in [7, 11) is 1.68. The molecular weight excluding hydrogens is 168 g/mol. The maximum atomic E-state index is 5.19. The largest absolute Gasteiger partial charge is 0.496 e. The Balaban J connectivity index is 2.89. The summed E-state index contributed by atoms with van der Waals surface area (Å²) in [5, 5.41) is 0. The summed E-state index contributed by atoms with van der Waals surface area (Å²) < 4.78 is 5.19. The van der Waals surface area contributed by atoms with Crippen LogP contribution in [0.3, 0.4) is 0 Å². The normalized spacial score (nSPS) is 9.50. The molecule has 0 heterocycles. The lowest BCUT2D eigenvalue weighted by atomic mass is 10.1. The van der Waals surface area contributed by atoms with Crippen LogP contribution in [0, 0.1) is 0 Å². The second kappa shape index (κ2) is 4.21. The molecule has 0 N–H and O–H groups in total. The molecular formula is C10H12OS. The van der Waals surface area contributed by atoms with Gasteiger partial charge in [-0.2, -0.15) is 0 Å². The van der Waals surface area contributed by atoms with Crippen LogP contribution in [0.15, 0.2) is 24.3 Å². The van der Waals surface area contributed by atoms with Crippen LogP contribution in [0.5, 0.6) is 5.75 Å². The van der Waals surface area contributed by atoms with Crippen LogP contribution in [0.1, 0.15) is 12.5 Å². The van der Waals surface area contributed by atoms with Gasteiger partial charge in [-0.05, 0) is 23.4 Å².